The van der Waals surface area contributed by atoms with Gasteiger partial charge in [-0.15, -0.1) is 0 Å². The van der Waals surface area contributed by atoms with Gasteiger partial charge in [0.25, 0.3) is 0 Å². The van der Waals surface area contributed by atoms with Crippen LogP contribution in [0, 0.1) is 5.41 Å². The van der Waals surface area contributed by atoms with E-state index in [4.69, 9.17) is 25.5 Å². The number of hydrogen-bond donors (Lipinski definition) is 5. The van der Waals surface area contributed by atoms with Crippen LogP contribution in [0.15, 0.2) is 70.3 Å². The molecule has 5 N–H and O–H groups in total. The highest BCUT2D eigenvalue weighted by Crippen LogP contribution is 2.40. The fourth-order valence-corrected chi connectivity index (χ4v) is 3.67. The van der Waals surface area contributed by atoms with Gasteiger partial charge in [0, 0.05) is 0 Å². The molecule has 7 nitrogen and oxygen atoms in total. The van der Waals surface area contributed by atoms with Crippen molar-refractivity contribution in [2.45, 2.75) is 66.1 Å². The molecule has 2 atom stereocenters. The highest BCUT2D eigenvalue weighted by atomic mass is 16.6. The Bertz CT molecular complexity index is 869. The molecule has 0 fully saturated rings. The number of carbonyl (C=O) groups is 1. The Morgan fingerprint density at radius 1 is 1.18 bits per heavy atom. The van der Waals surface area contributed by atoms with Crippen LogP contribution in [0.3, 0.4) is 0 Å². The van der Waals surface area contributed by atoms with E-state index in [1.165, 1.54) is 36.0 Å². The summed E-state index contributed by atoms with van der Waals surface area (Å²) in [5.41, 5.74) is 5.66. The maximum atomic E-state index is 10.5. The Balaban J connectivity index is 0.000000383. The summed E-state index contributed by atoms with van der Waals surface area (Å²) in [5, 5.41) is 43.9. The Morgan fingerprint density at radius 3 is 2.36 bits per heavy atom. The van der Waals surface area contributed by atoms with Crippen LogP contribution >= 0.6 is 0 Å². The maximum Gasteiger partial charge on any atom is 0.377 e. The molecule has 0 spiro atoms. The molecule has 0 bridgehead atoms. The Labute approximate surface area is 196 Å². The van der Waals surface area contributed by atoms with Gasteiger partial charge in [-0.1, -0.05) is 67.0 Å². The van der Waals surface area contributed by atoms with Gasteiger partial charge in [0.1, 0.15) is 6.10 Å². The molecule has 0 aromatic carbocycles. The van der Waals surface area contributed by atoms with Crippen molar-refractivity contribution in [3.05, 3.63) is 70.3 Å². The molecule has 1 heterocycles. The lowest BCUT2D eigenvalue weighted by atomic mass is 9.72. The van der Waals surface area contributed by atoms with Crippen LogP contribution in [-0.2, 0) is 9.53 Å². The van der Waals surface area contributed by atoms with Gasteiger partial charge >= 0.3 is 5.97 Å². The van der Waals surface area contributed by atoms with Crippen LogP contribution in [0.25, 0.3) is 0 Å². The van der Waals surface area contributed by atoms with Crippen LogP contribution in [0.1, 0.15) is 53.9 Å². The number of carbonyl (C=O) groups excluding carboxylic acids is 1. The molecule has 0 saturated carbocycles. The molecule has 7 heteroatoms. The third-order valence-electron chi connectivity index (χ3n) is 5.66. The maximum absolute atomic E-state index is 10.5. The van der Waals surface area contributed by atoms with Gasteiger partial charge in [-0.05, 0) is 51.0 Å². The molecular weight excluding hydrogens is 424 g/mol. The molecule has 2 rings (SSSR count). The lowest BCUT2D eigenvalue weighted by Crippen LogP contribution is -2.31. The van der Waals surface area contributed by atoms with Crippen molar-refractivity contribution in [3.8, 4) is 0 Å². The third-order valence-corrected chi connectivity index (χ3v) is 5.66. The lowest BCUT2D eigenvalue weighted by molar-refractivity contribution is -0.147. The SMILES string of the molecule is CC1=C(/C=C/C(C)=C/C=C/C(C)=C/CO)C(C)(C)CCC1.O=C1O[C@H]([C@@H](O)CO)C(O)=C1O. The van der Waals surface area contributed by atoms with Crippen molar-refractivity contribution in [2.75, 3.05) is 13.2 Å². The van der Waals surface area contributed by atoms with E-state index < -0.39 is 36.3 Å². The molecule has 0 amide bonds. The van der Waals surface area contributed by atoms with Crippen molar-refractivity contribution in [2.24, 2.45) is 5.41 Å². The van der Waals surface area contributed by atoms with Crippen LogP contribution in [-0.4, -0.2) is 56.9 Å². The van der Waals surface area contributed by atoms with Gasteiger partial charge in [-0.2, -0.15) is 0 Å². The number of aliphatic hydroxyl groups excluding tert-OH is 5. The number of cyclic esters (lactones) is 1. The summed E-state index contributed by atoms with van der Waals surface area (Å²) in [6.07, 6.45) is 13.5. The minimum Gasteiger partial charge on any atom is -0.505 e. The van der Waals surface area contributed by atoms with Gasteiger partial charge in [-0.3, -0.25) is 0 Å². The van der Waals surface area contributed by atoms with Crippen molar-refractivity contribution in [3.63, 3.8) is 0 Å². The van der Waals surface area contributed by atoms with Crippen LogP contribution in [0.4, 0.5) is 0 Å². The summed E-state index contributed by atoms with van der Waals surface area (Å²) in [5.74, 6) is -2.78. The van der Waals surface area contributed by atoms with Gasteiger partial charge in [0.05, 0.1) is 13.2 Å². The Kier molecular flexibility index (Phi) is 11.4. The quantitative estimate of drug-likeness (QED) is 0.285. The van der Waals surface area contributed by atoms with Gasteiger partial charge in [0.2, 0.25) is 5.76 Å². The van der Waals surface area contributed by atoms with E-state index in [0.717, 1.165) is 5.57 Å². The standard InChI is InChI=1S/C20H30O.C6H8O6/c1-16(8-6-9-17(2)13-15-21)11-12-19-18(3)10-7-14-20(19,4)5;7-1-2(8)5-3(9)4(10)6(11)12-5/h6,8-9,11-13,21H,7,10,14-15H2,1-5H3;2,5,7-10H,1H2/b9-6+,12-11+,16-8+,17-13+;/t;2-,5+/m.0/s1. The van der Waals surface area contributed by atoms with Crippen LogP contribution < -0.4 is 0 Å². The van der Waals surface area contributed by atoms with Crippen molar-refractivity contribution in [1.29, 1.82) is 0 Å². The molecule has 2 aliphatic rings. The monoisotopic (exact) mass is 462 g/mol. The van der Waals surface area contributed by atoms with Crippen molar-refractivity contribution < 1.29 is 35.1 Å². The Morgan fingerprint density at radius 2 is 1.85 bits per heavy atom. The second-order valence-electron chi connectivity index (χ2n) is 8.97. The molecule has 0 aromatic heterocycles. The lowest BCUT2D eigenvalue weighted by Gasteiger charge is -2.32. The molecule has 0 unspecified atom stereocenters. The third kappa shape index (κ3) is 8.68. The minimum absolute atomic E-state index is 0.0985. The number of ether oxygens (including phenoxy) is 1. The normalized spacial score (nSPS) is 22.7. The number of hydrogen-bond acceptors (Lipinski definition) is 7. The van der Waals surface area contributed by atoms with Gasteiger partial charge in [-0.25, -0.2) is 4.79 Å². The first-order valence-electron chi connectivity index (χ1n) is 11.1. The molecule has 184 valence electrons. The Hall–Kier alpha value is -2.61. The predicted molar refractivity (Wildman–Crippen MR) is 128 cm³/mol. The summed E-state index contributed by atoms with van der Waals surface area (Å²) >= 11 is 0. The van der Waals surface area contributed by atoms with E-state index in [0.29, 0.717) is 5.41 Å². The van der Waals surface area contributed by atoms with E-state index in [1.54, 1.807) is 6.08 Å². The zero-order valence-corrected chi connectivity index (χ0v) is 20.2. The van der Waals surface area contributed by atoms with Gasteiger partial charge < -0.3 is 30.3 Å². The second kappa shape index (κ2) is 13.2. The smallest absolute Gasteiger partial charge is 0.377 e. The van der Waals surface area contributed by atoms with Gasteiger partial charge in [0.15, 0.2) is 11.9 Å². The molecule has 1 aliphatic heterocycles. The molecular formula is C26H38O7. The summed E-state index contributed by atoms with van der Waals surface area (Å²) in [6, 6.07) is 0. The van der Waals surface area contributed by atoms with Crippen molar-refractivity contribution >= 4 is 5.97 Å². The topological polar surface area (TPSA) is 127 Å². The first kappa shape index (κ1) is 28.4. The summed E-state index contributed by atoms with van der Waals surface area (Å²) in [7, 11) is 0. The summed E-state index contributed by atoms with van der Waals surface area (Å²) < 4.78 is 4.32. The van der Waals surface area contributed by atoms with Crippen LogP contribution in [0.2, 0.25) is 0 Å². The zero-order chi connectivity index (χ0) is 25.2. The molecule has 0 radical (unpaired) electrons. The fourth-order valence-electron chi connectivity index (χ4n) is 3.67. The average molecular weight is 463 g/mol. The molecule has 33 heavy (non-hydrogen) atoms. The number of rotatable bonds is 7. The first-order chi connectivity index (χ1) is 15.4. The zero-order valence-electron chi connectivity index (χ0n) is 20.2. The highest BCUT2D eigenvalue weighted by Gasteiger charge is 2.38. The van der Waals surface area contributed by atoms with E-state index in [9.17, 15) is 4.79 Å². The molecule has 1 aliphatic carbocycles. The van der Waals surface area contributed by atoms with E-state index >= 15 is 0 Å². The number of aliphatic hydroxyl groups is 5. The number of esters is 1. The van der Waals surface area contributed by atoms with E-state index in [-0.39, 0.29) is 6.61 Å². The number of allylic oxidation sites excluding steroid dienone is 9. The molecule has 0 aromatic rings. The first-order valence-corrected chi connectivity index (χ1v) is 11.1. The predicted octanol–water partition coefficient (Wildman–Crippen LogP) is 4.10. The second-order valence-corrected chi connectivity index (χ2v) is 8.97. The fraction of sp³-hybridized carbons (Fsp3) is 0.500. The minimum atomic E-state index is -1.42. The highest BCUT2D eigenvalue weighted by molar-refractivity contribution is 5.89. The van der Waals surface area contributed by atoms with E-state index in [2.05, 4.69) is 50.7 Å². The molecule has 0 saturated heterocycles. The van der Waals surface area contributed by atoms with Crippen LogP contribution in [0.5, 0.6) is 0 Å². The largest absolute Gasteiger partial charge is 0.505 e. The average Bonchev–Trinajstić information content (AvgIpc) is 3.00. The summed E-state index contributed by atoms with van der Waals surface area (Å²) in [4.78, 5) is 10.5. The van der Waals surface area contributed by atoms with Crippen molar-refractivity contribution in [1.82, 2.24) is 0 Å². The summed E-state index contributed by atoms with van der Waals surface area (Å²) in [6.45, 7) is 10.5. The van der Waals surface area contributed by atoms with E-state index in [1.807, 2.05) is 19.1 Å².